The fraction of sp³-hybridized carbons (Fsp3) is 0.400. The number of allylic oxidation sites excluding steroid dienone is 1. The lowest BCUT2D eigenvalue weighted by Gasteiger charge is -2.32. The van der Waals surface area contributed by atoms with E-state index in [1.54, 1.807) is 6.21 Å². The van der Waals surface area contributed by atoms with Gasteiger partial charge in [-0.25, -0.2) is 4.99 Å². The summed E-state index contributed by atoms with van der Waals surface area (Å²) >= 11 is 0. The molecule has 30 heavy (non-hydrogen) atoms. The average Bonchev–Trinajstić information content (AvgIpc) is 2.78. The molecule has 0 amide bonds. The SMILES string of the molecule is Cc1cccc(-c2cccc(C3(N)N=CC=C(NCCCN4CCCCC4)N3)c2)c1. The second kappa shape index (κ2) is 9.45. The van der Waals surface area contributed by atoms with Crippen molar-refractivity contribution in [2.45, 2.75) is 38.4 Å². The summed E-state index contributed by atoms with van der Waals surface area (Å²) in [4.78, 5) is 7.12. The van der Waals surface area contributed by atoms with Crippen molar-refractivity contribution in [1.82, 2.24) is 15.5 Å². The standard InChI is InChI=1S/C25H33N5/c1-20-8-5-9-21(18-20)22-10-6-11-23(19-22)25(26)28-14-12-24(29-25)27-13-7-17-30-15-3-2-4-16-30/h5-6,8-12,14,18-19,27,29H,2-4,7,13,15-17,26H2,1H3. The van der Waals surface area contributed by atoms with Crippen LogP contribution in [0.2, 0.25) is 0 Å². The Balaban J connectivity index is 1.37. The monoisotopic (exact) mass is 403 g/mol. The third kappa shape index (κ3) is 5.10. The van der Waals surface area contributed by atoms with E-state index < -0.39 is 5.79 Å². The van der Waals surface area contributed by atoms with Crippen molar-refractivity contribution in [3.63, 3.8) is 0 Å². The maximum atomic E-state index is 6.67. The molecule has 1 unspecified atom stereocenters. The molecule has 1 saturated heterocycles. The van der Waals surface area contributed by atoms with E-state index >= 15 is 0 Å². The van der Waals surface area contributed by atoms with Gasteiger partial charge in [-0.05, 0) is 69.1 Å². The number of aliphatic imine (C=N–C) groups is 1. The molecule has 2 aromatic carbocycles. The maximum Gasteiger partial charge on any atom is 0.210 e. The molecule has 0 spiro atoms. The van der Waals surface area contributed by atoms with Crippen molar-refractivity contribution < 1.29 is 0 Å². The van der Waals surface area contributed by atoms with Gasteiger partial charge in [0, 0.05) is 18.3 Å². The highest BCUT2D eigenvalue weighted by molar-refractivity contribution is 5.74. The normalized spacial score (nSPS) is 21.7. The van der Waals surface area contributed by atoms with Crippen LogP contribution in [0.4, 0.5) is 0 Å². The molecule has 2 aliphatic heterocycles. The zero-order valence-electron chi connectivity index (χ0n) is 17.9. The smallest absolute Gasteiger partial charge is 0.210 e. The molecule has 0 bridgehead atoms. The summed E-state index contributed by atoms with van der Waals surface area (Å²) in [7, 11) is 0. The highest BCUT2D eigenvalue weighted by Gasteiger charge is 2.28. The molecule has 0 aliphatic carbocycles. The van der Waals surface area contributed by atoms with Gasteiger partial charge in [-0.3, -0.25) is 5.73 Å². The van der Waals surface area contributed by atoms with Gasteiger partial charge < -0.3 is 15.5 Å². The highest BCUT2D eigenvalue weighted by atomic mass is 15.3. The van der Waals surface area contributed by atoms with Crippen molar-refractivity contribution in [2.24, 2.45) is 10.7 Å². The molecule has 2 heterocycles. The summed E-state index contributed by atoms with van der Waals surface area (Å²) in [6, 6.07) is 16.8. The summed E-state index contributed by atoms with van der Waals surface area (Å²) in [5, 5.41) is 6.88. The molecular formula is C25H33N5. The first kappa shape index (κ1) is 20.6. The Hall–Kier alpha value is -2.63. The molecular weight excluding hydrogens is 370 g/mol. The molecule has 5 nitrogen and oxygen atoms in total. The number of hydrogen-bond donors (Lipinski definition) is 3. The van der Waals surface area contributed by atoms with Crippen molar-refractivity contribution in [3.05, 3.63) is 71.6 Å². The Bertz CT molecular complexity index is 913. The van der Waals surface area contributed by atoms with Crippen molar-refractivity contribution >= 4 is 6.21 Å². The zero-order chi connectivity index (χ0) is 20.8. The molecule has 2 aromatic rings. The number of nitrogens with two attached hydrogens (primary N) is 1. The highest BCUT2D eigenvalue weighted by Crippen LogP contribution is 2.26. The lowest BCUT2D eigenvalue weighted by atomic mass is 9.98. The van der Waals surface area contributed by atoms with E-state index in [0.29, 0.717) is 0 Å². The molecule has 2 aliphatic rings. The second-order valence-corrected chi connectivity index (χ2v) is 8.38. The number of nitrogens with one attached hydrogen (secondary N) is 2. The minimum absolute atomic E-state index is 0.919. The van der Waals surface area contributed by atoms with Crippen molar-refractivity contribution in [3.8, 4) is 11.1 Å². The van der Waals surface area contributed by atoms with Gasteiger partial charge in [0.15, 0.2) is 0 Å². The van der Waals surface area contributed by atoms with E-state index in [-0.39, 0.29) is 0 Å². The van der Waals surface area contributed by atoms with Gasteiger partial charge in [0.05, 0.1) is 0 Å². The van der Waals surface area contributed by atoms with Crippen molar-refractivity contribution in [2.75, 3.05) is 26.2 Å². The zero-order valence-corrected chi connectivity index (χ0v) is 17.9. The van der Waals surface area contributed by atoms with Crippen LogP contribution in [0.5, 0.6) is 0 Å². The minimum atomic E-state index is -0.968. The van der Waals surface area contributed by atoms with Crippen LogP contribution in [0.3, 0.4) is 0 Å². The van der Waals surface area contributed by atoms with Gasteiger partial charge in [0.1, 0.15) is 5.82 Å². The van der Waals surface area contributed by atoms with Crippen LogP contribution in [0.25, 0.3) is 11.1 Å². The Morgan fingerprint density at radius 2 is 1.83 bits per heavy atom. The summed E-state index contributed by atoms with van der Waals surface area (Å²) in [6.45, 7) is 6.68. The van der Waals surface area contributed by atoms with Gasteiger partial charge in [0.2, 0.25) is 5.79 Å². The predicted molar refractivity (Wildman–Crippen MR) is 125 cm³/mol. The average molecular weight is 404 g/mol. The number of hydrogen-bond acceptors (Lipinski definition) is 5. The van der Waals surface area contributed by atoms with Gasteiger partial charge in [-0.1, -0.05) is 54.4 Å². The summed E-state index contributed by atoms with van der Waals surface area (Å²) in [6.07, 6.45) is 8.94. The van der Waals surface area contributed by atoms with E-state index in [1.165, 1.54) is 43.5 Å². The number of rotatable bonds is 7. The van der Waals surface area contributed by atoms with Gasteiger partial charge in [-0.15, -0.1) is 0 Å². The van der Waals surface area contributed by atoms with E-state index in [9.17, 15) is 0 Å². The molecule has 5 heteroatoms. The first-order valence-corrected chi connectivity index (χ1v) is 11.1. The first-order valence-electron chi connectivity index (χ1n) is 11.1. The predicted octanol–water partition coefficient (Wildman–Crippen LogP) is 3.71. The first-order chi connectivity index (χ1) is 14.6. The van der Waals surface area contributed by atoms with Gasteiger partial charge in [-0.2, -0.15) is 0 Å². The maximum absolute atomic E-state index is 6.67. The van der Waals surface area contributed by atoms with E-state index in [0.717, 1.165) is 36.5 Å². The van der Waals surface area contributed by atoms with Crippen molar-refractivity contribution in [1.29, 1.82) is 0 Å². The molecule has 1 atom stereocenters. The Morgan fingerprint density at radius 3 is 2.63 bits per heavy atom. The Labute approximate surface area is 180 Å². The lowest BCUT2D eigenvalue weighted by molar-refractivity contribution is 0.226. The summed E-state index contributed by atoms with van der Waals surface area (Å²) in [5.74, 6) is -0.0452. The van der Waals surface area contributed by atoms with Crippen LogP contribution in [-0.2, 0) is 5.79 Å². The number of nitrogens with zero attached hydrogens (tertiary/aromatic N) is 2. The van der Waals surface area contributed by atoms with E-state index in [1.807, 2.05) is 18.2 Å². The van der Waals surface area contributed by atoms with Crippen LogP contribution in [0.15, 0.2) is 65.4 Å². The number of benzene rings is 2. The fourth-order valence-corrected chi connectivity index (χ4v) is 4.23. The molecule has 4 N–H and O–H groups in total. The minimum Gasteiger partial charge on any atom is -0.372 e. The second-order valence-electron chi connectivity index (χ2n) is 8.38. The van der Waals surface area contributed by atoms with Crippen LogP contribution in [0.1, 0.15) is 36.8 Å². The molecule has 158 valence electrons. The third-order valence-electron chi connectivity index (χ3n) is 5.91. The Morgan fingerprint density at radius 1 is 1.07 bits per heavy atom. The van der Waals surface area contributed by atoms with Crippen LogP contribution in [0, 0.1) is 6.92 Å². The van der Waals surface area contributed by atoms with E-state index in [2.05, 4.69) is 63.8 Å². The number of piperidine rings is 1. The molecule has 1 fully saturated rings. The number of aryl methyl sites for hydroxylation is 1. The largest absolute Gasteiger partial charge is 0.372 e. The van der Waals surface area contributed by atoms with Crippen LogP contribution in [-0.4, -0.2) is 37.3 Å². The van der Waals surface area contributed by atoms with E-state index in [4.69, 9.17) is 5.73 Å². The topological polar surface area (TPSA) is 65.7 Å². The summed E-state index contributed by atoms with van der Waals surface area (Å²) < 4.78 is 0. The molecule has 0 radical (unpaired) electrons. The molecule has 0 aromatic heterocycles. The molecule has 0 saturated carbocycles. The van der Waals surface area contributed by atoms with Crippen LogP contribution >= 0.6 is 0 Å². The Kier molecular flexibility index (Phi) is 6.50. The number of likely N-dealkylation sites (tertiary alicyclic amines) is 1. The molecule has 4 rings (SSSR count). The quantitative estimate of drug-likeness (QED) is 0.617. The van der Waals surface area contributed by atoms with Crippen LogP contribution < -0.4 is 16.4 Å². The summed E-state index contributed by atoms with van der Waals surface area (Å²) in [5.41, 5.74) is 11.2. The lowest BCUT2D eigenvalue weighted by Crippen LogP contribution is -2.52. The third-order valence-corrected chi connectivity index (χ3v) is 5.91. The van der Waals surface area contributed by atoms with Gasteiger partial charge >= 0.3 is 0 Å². The van der Waals surface area contributed by atoms with Gasteiger partial charge in [0.25, 0.3) is 0 Å². The fourth-order valence-electron chi connectivity index (χ4n) is 4.23.